The van der Waals surface area contributed by atoms with E-state index in [1.165, 1.54) is 6.08 Å². The van der Waals surface area contributed by atoms with Crippen molar-refractivity contribution >= 4 is 22.5 Å². The van der Waals surface area contributed by atoms with Crippen molar-refractivity contribution in [1.29, 1.82) is 0 Å². The van der Waals surface area contributed by atoms with Gasteiger partial charge in [-0.1, -0.05) is 41.9 Å². The normalized spacial score (nSPS) is 12.1. The second-order valence-electron chi connectivity index (χ2n) is 5.46. The van der Waals surface area contributed by atoms with Gasteiger partial charge >= 0.3 is 0 Å². The van der Waals surface area contributed by atoms with Gasteiger partial charge in [0, 0.05) is 33.7 Å². The second-order valence-corrected chi connectivity index (χ2v) is 5.90. The van der Waals surface area contributed by atoms with Gasteiger partial charge in [-0.2, -0.15) is 0 Å². The van der Waals surface area contributed by atoms with Crippen molar-refractivity contribution in [1.82, 2.24) is 4.57 Å². The van der Waals surface area contributed by atoms with Gasteiger partial charge in [0.25, 0.3) is 0 Å². The molecule has 0 aliphatic heterocycles. The molecule has 1 aromatic heterocycles. The summed E-state index contributed by atoms with van der Waals surface area (Å²) >= 11 is 6.18. The van der Waals surface area contributed by atoms with Crippen molar-refractivity contribution in [2.45, 2.75) is 13.5 Å². The first-order chi connectivity index (χ1) is 11.1. The number of nitrogens with zero attached hydrogens (tertiary/aromatic N) is 1. The molecule has 0 amide bonds. The molecule has 4 heteroatoms. The minimum absolute atomic E-state index is 0.175. The maximum absolute atomic E-state index is 14.0. The fraction of sp³-hybridized carbons (Fsp3) is 0.158. The second kappa shape index (κ2) is 6.57. The van der Waals surface area contributed by atoms with Gasteiger partial charge in [0.2, 0.25) is 0 Å². The first-order valence-electron chi connectivity index (χ1n) is 7.50. The standard InChI is InChI=1S/C19H18ClFN2/c1-13-19(14-5-3-2-4-6-14)17-11-15(20)7-8-18(17)23(13)12-16(21)9-10-22/h2-9,11H,10,12,22H2,1H3/b16-9-. The number of allylic oxidation sites excluding steroid dienone is 1. The number of aromatic nitrogens is 1. The minimum atomic E-state index is -0.234. The van der Waals surface area contributed by atoms with Crippen LogP contribution in [0, 0.1) is 6.92 Å². The van der Waals surface area contributed by atoms with Crippen molar-refractivity contribution in [3.63, 3.8) is 0 Å². The Labute approximate surface area is 140 Å². The lowest BCUT2D eigenvalue weighted by molar-refractivity contribution is 0.555. The molecule has 1 heterocycles. The molecule has 0 aliphatic carbocycles. The van der Waals surface area contributed by atoms with Crippen molar-refractivity contribution < 1.29 is 4.39 Å². The molecule has 2 N–H and O–H groups in total. The molecular formula is C19H18ClFN2. The summed E-state index contributed by atoms with van der Waals surface area (Å²) in [5.74, 6) is -0.234. The highest BCUT2D eigenvalue weighted by molar-refractivity contribution is 6.31. The molecule has 23 heavy (non-hydrogen) atoms. The number of hydrogen-bond acceptors (Lipinski definition) is 1. The van der Waals surface area contributed by atoms with Gasteiger partial charge in [-0.3, -0.25) is 0 Å². The molecular weight excluding hydrogens is 311 g/mol. The Morgan fingerprint density at radius 2 is 1.96 bits per heavy atom. The summed E-state index contributed by atoms with van der Waals surface area (Å²) in [6, 6.07) is 15.8. The molecule has 0 radical (unpaired) electrons. The van der Waals surface area contributed by atoms with E-state index in [4.69, 9.17) is 17.3 Å². The van der Waals surface area contributed by atoms with Gasteiger partial charge in [-0.05, 0) is 36.8 Å². The lowest BCUT2D eigenvalue weighted by Gasteiger charge is -2.07. The Kier molecular flexibility index (Phi) is 4.51. The molecule has 2 nitrogen and oxygen atoms in total. The molecule has 2 aromatic carbocycles. The Bertz CT molecular complexity index is 866. The van der Waals surface area contributed by atoms with E-state index in [0.717, 1.165) is 27.7 Å². The van der Waals surface area contributed by atoms with Gasteiger partial charge < -0.3 is 10.3 Å². The first-order valence-corrected chi connectivity index (χ1v) is 7.88. The van der Waals surface area contributed by atoms with Gasteiger partial charge in [0.1, 0.15) is 5.83 Å². The average Bonchev–Trinajstić information content (AvgIpc) is 2.80. The van der Waals surface area contributed by atoms with Gasteiger partial charge in [-0.15, -0.1) is 0 Å². The van der Waals surface area contributed by atoms with E-state index >= 15 is 0 Å². The minimum Gasteiger partial charge on any atom is -0.337 e. The third kappa shape index (κ3) is 3.03. The highest BCUT2D eigenvalue weighted by Gasteiger charge is 2.16. The Morgan fingerprint density at radius 3 is 2.65 bits per heavy atom. The fourth-order valence-corrected chi connectivity index (χ4v) is 3.14. The number of hydrogen-bond donors (Lipinski definition) is 1. The summed E-state index contributed by atoms with van der Waals surface area (Å²) in [7, 11) is 0. The van der Waals surface area contributed by atoms with Crippen molar-refractivity contribution in [3.8, 4) is 11.1 Å². The Morgan fingerprint density at radius 1 is 1.22 bits per heavy atom. The molecule has 3 rings (SSSR count). The number of halogens is 2. The maximum Gasteiger partial charge on any atom is 0.117 e. The predicted molar refractivity (Wildman–Crippen MR) is 95.4 cm³/mol. The van der Waals surface area contributed by atoms with Crippen LogP contribution in [0.4, 0.5) is 4.39 Å². The number of rotatable bonds is 4. The van der Waals surface area contributed by atoms with Crippen LogP contribution in [-0.2, 0) is 6.54 Å². The zero-order valence-electron chi connectivity index (χ0n) is 12.9. The Balaban J connectivity index is 2.26. The van der Waals surface area contributed by atoms with Crippen molar-refractivity contribution in [2.75, 3.05) is 6.54 Å². The zero-order valence-corrected chi connectivity index (χ0v) is 13.6. The van der Waals surface area contributed by atoms with Crippen LogP contribution in [0.3, 0.4) is 0 Å². The van der Waals surface area contributed by atoms with Crippen LogP contribution in [0.15, 0.2) is 60.4 Å². The van der Waals surface area contributed by atoms with E-state index in [-0.39, 0.29) is 18.9 Å². The molecule has 0 unspecified atom stereocenters. The maximum atomic E-state index is 14.0. The lowest BCUT2D eigenvalue weighted by Crippen LogP contribution is -2.03. The summed E-state index contributed by atoms with van der Waals surface area (Å²) in [5.41, 5.74) is 9.56. The fourth-order valence-electron chi connectivity index (χ4n) is 2.97. The summed E-state index contributed by atoms with van der Waals surface area (Å²) in [6.07, 6.45) is 1.41. The molecule has 3 aromatic rings. The molecule has 0 atom stereocenters. The quantitative estimate of drug-likeness (QED) is 0.711. The number of fused-ring (bicyclic) bond motifs is 1. The molecule has 0 saturated carbocycles. The molecule has 118 valence electrons. The number of nitrogens with two attached hydrogens (primary N) is 1. The lowest BCUT2D eigenvalue weighted by atomic mass is 10.0. The molecule has 0 spiro atoms. The average molecular weight is 329 g/mol. The summed E-state index contributed by atoms with van der Waals surface area (Å²) in [6.45, 7) is 2.38. The van der Waals surface area contributed by atoms with E-state index < -0.39 is 0 Å². The number of benzene rings is 2. The van der Waals surface area contributed by atoms with Gasteiger partial charge in [-0.25, -0.2) is 4.39 Å². The molecule has 0 fully saturated rings. The predicted octanol–water partition coefficient (Wildman–Crippen LogP) is 5.08. The van der Waals surface area contributed by atoms with E-state index in [2.05, 4.69) is 12.1 Å². The third-order valence-electron chi connectivity index (χ3n) is 4.00. The van der Waals surface area contributed by atoms with Crippen LogP contribution in [0.5, 0.6) is 0 Å². The summed E-state index contributed by atoms with van der Waals surface area (Å²) in [5, 5.41) is 1.70. The highest BCUT2D eigenvalue weighted by Crippen LogP contribution is 2.36. The molecule has 0 saturated heterocycles. The van der Waals surface area contributed by atoms with Gasteiger partial charge in [0.05, 0.1) is 6.54 Å². The topological polar surface area (TPSA) is 30.9 Å². The largest absolute Gasteiger partial charge is 0.337 e. The van der Waals surface area contributed by atoms with Crippen LogP contribution in [0.2, 0.25) is 5.02 Å². The molecule has 0 aliphatic rings. The van der Waals surface area contributed by atoms with E-state index in [9.17, 15) is 4.39 Å². The van der Waals surface area contributed by atoms with Crippen LogP contribution >= 0.6 is 11.6 Å². The zero-order chi connectivity index (χ0) is 16.4. The summed E-state index contributed by atoms with van der Waals surface area (Å²) < 4.78 is 16.0. The van der Waals surface area contributed by atoms with Gasteiger partial charge in [0.15, 0.2) is 0 Å². The highest BCUT2D eigenvalue weighted by atomic mass is 35.5. The van der Waals surface area contributed by atoms with Crippen LogP contribution in [0.25, 0.3) is 22.0 Å². The van der Waals surface area contributed by atoms with E-state index in [1.807, 2.05) is 47.9 Å². The van der Waals surface area contributed by atoms with Crippen molar-refractivity contribution in [3.05, 3.63) is 71.2 Å². The third-order valence-corrected chi connectivity index (χ3v) is 4.23. The van der Waals surface area contributed by atoms with E-state index in [0.29, 0.717) is 5.02 Å². The SMILES string of the molecule is Cc1c(-c2ccccc2)c2cc(Cl)ccc2n1C/C(F)=C/CN. The first kappa shape index (κ1) is 15.8. The summed E-state index contributed by atoms with van der Waals surface area (Å²) in [4.78, 5) is 0. The van der Waals surface area contributed by atoms with Crippen LogP contribution in [-0.4, -0.2) is 11.1 Å². The van der Waals surface area contributed by atoms with Crippen LogP contribution in [0.1, 0.15) is 5.69 Å². The van der Waals surface area contributed by atoms with E-state index in [1.54, 1.807) is 0 Å². The van der Waals surface area contributed by atoms with Crippen molar-refractivity contribution in [2.24, 2.45) is 5.73 Å². The monoisotopic (exact) mass is 328 g/mol. The van der Waals surface area contributed by atoms with Crippen LogP contribution < -0.4 is 5.73 Å². The molecule has 0 bridgehead atoms. The smallest absolute Gasteiger partial charge is 0.117 e. The Hall–Kier alpha value is -2.10.